The van der Waals surface area contributed by atoms with Crippen molar-refractivity contribution in [2.45, 2.75) is 99.1 Å². The molecular weight excluding hydrogens is 402 g/mol. The zero-order valence-electron chi connectivity index (χ0n) is 21.0. The van der Waals surface area contributed by atoms with Crippen LogP contribution in [0.4, 0.5) is 11.5 Å². The smallest absolute Gasteiger partial charge is 0.191 e. The van der Waals surface area contributed by atoms with Gasteiger partial charge in [0.1, 0.15) is 11.6 Å². The van der Waals surface area contributed by atoms with Gasteiger partial charge in [-0.1, -0.05) is 55.4 Å². The second kappa shape index (κ2) is 8.15. The lowest BCUT2D eigenvalue weighted by Gasteiger charge is -2.15. The highest BCUT2D eigenvalue weighted by molar-refractivity contribution is 5.69. The second-order valence-corrected chi connectivity index (χ2v) is 10.4. The number of rotatable bonds is 5. The molecule has 0 aliphatic carbocycles. The van der Waals surface area contributed by atoms with Crippen LogP contribution in [-0.2, 0) is 23.9 Å². The van der Waals surface area contributed by atoms with E-state index in [9.17, 15) is 5.26 Å². The molecule has 9 heteroatoms. The molecule has 0 fully saturated rings. The Morgan fingerprint density at radius 1 is 0.875 bits per heavy atom. The van der Waals surface area contributed by atoms with Crippen LogP contribution in [0, 0.1) is 11.3 Å². The summed E-state index contributed by atoms with van der Waals surface area (Å²) in [6.45, 7) is 22.0. The SMILES string of the molecule is CCn1nc(C(C)(C)C)c(C#N)c1/N=N/c1c(C(C)(C)C)nn2c(C(C)C)nn(CC)c12. The maximum atomic E-state index is 9.90. The highest BCUT2D eigenvalue weighted by Gasteiger charge is 2.30. The summed E-state index contributed by atoms with van der Waals surface area (Å²) in [6.07, 6.45) is 0. The molecule has 9 nitrogen and oxygen atoms in total. The Morgan fingerprint density at radius 3 is 1.94 bits per heavy atom. The molecule has 32 heavy (non-hydrogen) atoms. The number of aryl methyl sites for hydroxylation is 2. The Morgan fingerprint density at radius 2 is 1.47 bits per heavy atom. The van der Waals surface area contributed by atoms with Gasteiger partial charge in [-0.15, -0.1) is 10.2 Å². The van der Waals surface area contributed by atoms with Gasteiger partial charge < -0.3 is 0 Å². The number of nitriles is 1. The Bertz CT molecular complexity index is 1200. The van der Waals surface area contributed by atoms with Crippen molar-refractivity contribution in [3.05, 3.63) is 22.8 Å². The minimum Gasteiger partial charge on any atom is -0.245 e. The number of nitrogens with zero attached hydrogens (tertiary/aromatic N) is 9. The van der Waals surface area contributed by atoms with Crippen molar-refractivity contribution in [3.8, 4) is 6.07 Å². The maximum absolute atomic E-state index is 9.90. The van der Waals surface area contributed by atoms with E-state index in [1.54, 1.807) is 4.68 Å². The summed E-state index contributed by atoms with van der Waals surface area (Å²) in [5, 5.41) is 33.5. The molecule has 0 amide bonds. The molecule has 0 radical (unpaired) electrons. The van der Waals surface area contributed by atoms with Crippen molar-refractivity contribution in [3.63, 3.8) is 0 Å². The van der Waals surface area contributed by atoms with Gasteiger partial charge in [0.15, 0.2) is 23.0 Å². The molecule has 0 bridgehead atoms. The molecule has 3 aromatic rings. The van der Waals surface area contributed by atoms with Gasteiger partial charge in [0.2, 0.25) is 0 Å². The van der Waals surface area contributed by atoms with E-state index in [1.165, 1.54) is 0 Å². The predicted octanol–water partition coefficient (Wildman–Crippen LogP) is 5.77. The maximum Gasteiger partial charge on any atom is 0.191 e. The van der Waals surface area contributed by atoms with Crippen molar-refractivity contribution in [2.75, 3.05) is 0 Å². The third-order valence-electron chi connectivity index (χ3n) is 5.34. The highest BCUT2D eigenvalue weighted by Crippen LogP contribution is 2.38. The monoisotopic (exact) mass is 437 g/mol. The average molecular weight is 438 g/mol. The molecule has 172 valence electrons. The van der Waals surface area contributed by atoms with Crippen LogP contribution in [0.15, 0.2) is 10.2 Å². The molecule has 3 rings (SSSR count). The number of fused-ring (bicyclic) bond motifs is 1. The summed E-state index contributed by atoms with van der Waals surface area (Å²) < 4.78 is 5.57. The van der Waals surface area contributed by atoms with Crippen LogP contribution >= 0.6 is 0 Å². The third kappa shape index (κ3) is 3.94. The number of azo groups is 1. The van der Waals surface area contributed by atoms with Crippen molar-refractivity contribution in [1.29, 1.82) is 5.26 Å². The van der Waals surface area contributed by atoms with Crippen LogP contribution < -0.4 is 0 Å². The minimum atomic E-state index is -0.274. The summed E-state index contributed by atoms with van der Waals surface area (Å²) in [5.41, 5.74) is 3.03. The third-order valence-corrected chi connectivity index (χ3v) is 5.34. The first-order chi connectivity index (χ1) is 14.8. The Kier molecular flexibility index (Phi) is 6.02. The Hall–Kier alpha value is -3.02. The number of aromatic nitrogens is 6. The van der Waals surface area contributed by atoms with E-state index < -0.39 is 0 Å². The van der Waals surface area contributed by atoms with Crippen LogP contribution in [0.3, 0.4) is 0 Å². The first kappa shape index (κ1) is 23.6. The molecule has 0 saturated carbocycles. The average Bonchev–Trinajstić information content (AvgIpc) is 3.34. The Labute approximate surface area is 190 Å². The van der Waals surface area contributed by atoms with Gasteiger partial charge in [-0.25, -0.2) is 9.36 Å². The predicted molar refractivity (Wildman–Crippen MR) is 125 cm³/mol. The largest absolute Gasteiger partial charge is 0.245 e. The lowest BCUT2D eigenvalue weighted by Crippen LogP contribution is -2.14. The molecule has 0 saturated heterocycles. The first-order valence-corrected chi connectivity index (χ1v) is 11.3. The molecule has 0 unspecified atom stereocenters. The fourth-order valence-corrected chi connectivity index (χ4v) is 3.68. The molecule has 0 atom stereocenters. The van der Waals surface area contributed by atoms with Crippen LogP contribution in [0.25, 0.3) is 5.65 Å². The molecule has 0 aliphatic heterocycles. The van der Waals surface area contributed by atoms with Crippen LogP contribution in [-0.4, -0.2) is 29.2 Å². The molecule has 0 spiro atoms. The summed E-state index contributed by atoms with van der Waals surface area (Å²) in [7, 11) is 0. The summed E-state index contributed by atoms with van der Waals surface area (Å²) in [5.74, 6) is 1.58. The zero-order chi connectivity index (χ0) is 24.0. The van der Waals surface area contributed by atoms with Gasteiger partial charge in [0, 0.05) is 29.8 Å². The van der Waals surface area contributed by atoms with Gasteiger partial charge >= 0.3 is 0 Å². The molecule has 3 aromatic heterocycles. The van der Waals surface area contributed by atoms with Crippen molar-refractivity contribution in [1.82, 2.24) is 29.2 Å². The van der Waals surface area contributed by atoms with E-state index in [0.717, 1.165) is 22.9 Å². The Balaban J connectivity index is 2.30. The molecule has 0 N–H and O–H groups in total. The van der Waals surface area contributed by atoms with Crippen LogP contribution in [0.1, 0.15) is 97.9 Å². The van der Waals surface area contributed by atoms with Gasteiger partial charge in [-0.05, 0) is 13.8 Å². The molecular formula is C23H35N9. The standard InChI is InChI=1S/C23H35N9/c1-11-30-20(15(13-24)17(27-30)22(5,6)7)26-25-16-18(23(8,9)10)28-32-19(14(3)4)29-31(12-2)21(16)32/h14H,11-12H2,1-10H3/b26-25+. The van der Waals surface area contributed by atoms with Gasteiger partial charge in [0.25, 0.3) is 0 Å². The zero-order valence-corrected chi connectivity index (χ0v) is 21.0. The van der Waals surface area contributed by atoms with Gasteiger partial charge in [-0.2, -0.15) is 25.1 Å². The van der Waals surface area contributed by atoms with Crippen molar-refractivity contribution >= 4 is 17.2 Å². The topological polar surface area (TPSA) is 101 Å². The minimum absolute atomic E-state index is 0.212. The van der Waals surface area contributed by atoms with E-state index in [2.05, 4.69) is 57.8 Å². The number of hydrogen-bond acceptors (Lipinski definition) is 6. The quantitative estimate of drug-likeness (QED) is 0.473. The second-order valence-electron chi connectivity index (χ2n) is 10.4. The first-order valence-electron chi connectivity index (χ1n) is 11.3. The van der Waals surface area contributed by atoms with Gasteiger partial charge in [0.05, 0.1) is 11.4 Å². The van der Waals surface area contributed by atoms with Gasteiger partial charge in [-0.3, -0.25) is 0 Å². The highest BCUT2D eigenvalue weighted by atomic mass is 15.5. The fourth-order valence-electron chi connectivity index (χ4n) is 3.68. The van der Waals surface area contributed by atoms with E-state index in [4.69, 9.17) is 15.3 Å². The lowest BCUT2D eigenvalue weighted by molar-refractivity contribution is 0.540. The van der Waals surface area contributed by atoms with Crippen molar-refractivity contribution < 1.29 is 0 Å². The summed E-state index contributed by atoms with van der Waals surface area (Å²) >= 11 is 0. The molecule has 0 aliphatic rings. The summed E-state index contributed by atoms with van der Waals surface area (Å²) in [4.78, 5) is 0. The van der Waals surface area contributed by atoms with E-state index >= 15 is 0 Å². The van der Waals surface area contributed by atoms with E-state index in [0.29, 0.717) is 30.2 Å². The molecule has 0 aromatic carbocycles. The van der Waals surface area contributed by atoms with Crippen LogP contribution in [0.2, 0.25) is 0 Å². The normalized spacial score (nSPS) is 13.1. The van der Waals surface area contributed by atoms with E-state index in [-0.39, 0.29) is 16.7 Å². The molecule has 3 heterocycles. The number of hydrogen-bond donors (Lipinski definition) is 0. The fraction of sp³-hybridized carbons (Fsp3) is 0.652. The van der Waals surface area contributed by atoms with Crippen LogP contribution in [0.5, 0.6) is 0 Å². The summed E-state index contributed by atoms with van der Waals surface area (Å²) in [6, 6.07) is 2.30. The van der Waals surface area contributed by atoms with Crippen molar-refractivity contribution in [2.24, 2.45) is 10.2 Å². The van der Waals surface area contributed by atoms with E-state index in [1.807, 2.05) is 36.9 Å². The lowest BCUT2D eigenvalue weighted by atomic mass is 9.90.